The molecule has 0 radical (unpaired) electrons. The molecule has 0 saturated heterocycles. The number of carbonyl (C=O) groups is 1. The van der Waals surface area contributed by atoms with E-state index in [4.69, 9.17) is 10.5 Å². The van der Waals surface area contributed by atoms with Crippen LogP contribution in [0.3, 0.4) is 0 Å². The number of hydrogen-bond acceptors (Lipinski definition) is 7. The highest BCUT2D eigenvalue weighted by molar-refractivity contribution is 6.35. The number of H-pyrrole nitrogens is 1. The number of methoxy groups -OCH3 is 1. The summed E-state index contributed by atoms with van der Waals surface area (Å²) in [4.78, 5) is 35.2. The Morgan fingerprint density at radius 1 is 1.24 bits per heavy atom. The van der Waals surface area contributed by atoms with Crippen LogP contribution in [0.1, 0.15) is 33.9 Å². The molecule has 0 saturated carbocycles. The fourth-order valence-electron chi connectivity index (χ4n) is 3.59. The van der Waals surface area contributed by atoms with Gasteiger partial charge in [-0.25, -0.2) is 9.97 Å². The van der Waals surface area contributed by atoms with Gasteiger partial charge in [-0.3, -0.25) is 14.7 Å². The van der Waals surface area contributed by atoms with E-state index in [2.05, 4.69) is 24.9 Å². The zero-order valence-electron chi connectivity index (χ0n) is 16.6. The Balaban J connectivity index is 1.83. The second-order valence-electron chi connectivity index (χ2n) is 6.84. The number of nitrogens with one attached hydrogen (secondary N) is 1. The number of amides is 1. The third-order valence-corrected chi connectivity index (χ3v) is 4.95. The van der Waals surface area contributed by atoms with Gasteiger partial charge in [-0.05, 0) is 26.8 Å². The lowest BCUT2D eigenvalue weighted by Gasteiger charge is -2.19. The summed E-state index contributed by atoms with van der Waals surface area (Å²) in [6, 6.07) is 0. The average Bonchev–Trinajstić information content (AvgIpc) is 3.27. The minimum Gasteiger partial charge on any atom is -0.496 e. The van der Waals surface area contributed by atoms with E-state index in [1.165, 1.54) is 0 Å². The van der Waals surface area contributed by atoms with Crippen LogP contribution in [0.4, 0.5) is 11.8 Å². The highest BCUT2D eigenvalue weighted by Gasteiger charge is 2.37. The van der Waals surface area contributed by atoms with Crippen molar-refractivity contribution in [2.24, 2.45) is 0 Å². The monoisotopic (exact) mass is 391 g/mol. The molecule has 9 heteroatoms. The highest BCUT2D eigenvalue weighted by atomic mass is 16.5. The number of anilines is 2. The van der Waals surface area contributed by atoms with Crippen molar-refractivity contribution in [3.8, 4) is 5.75 Å². The van der Waals surface area contributed by atoms with Crippen LogP contribution >= 0.6 is 0 Å². The Morgan fingerprint density at radius 2 is 2.03 bits per heavy atom. The van der Waals surface area contributed by atoms with Crippen molar-refractivity contribution in [1.82, 2.24) is 24.9 Å². The summed E-state index contributed by atoms with van der Waals surface area (Å²) in [5.74, 6) is 1.71. The zero-order chi connectivity index (χ0) is 20.7. The third-order valence-electron chi connectivity index (χ3n) is 4.95. The lowest BCUT2D eigenvalue weighted by Crippen LogP contribution is -2.27. The number of nitrogens with two attached hydrogens (primary N) is 1. The number of aromatic nitrogens is 5. The molecule has 0 aliphatic carbocycles. The van der Waals surface area contributed by atoms with Gasteiger partial charge in [-0.2, -0.15) is 4.98 Å². The molecule has 3 N–H and O–H groups in total. The van der Waals surface area contributed by atoms with Gasteiger partial charge in [0.1, 0.15) is 17.4 Å². The minimum absolute atomic E-state index is 0.115. The summed E-state index contributed by atoms with van der Waals surface area (Å²) in [6.45, 7) is 5.90. The molecule has 3 aromatic heterocycles. The van der Waals surface area contributed by atoms with Gasteiger partial charge >= 0.3 is 0 Å². The number of nitrogen functional groups attached to an aromatic ring is 1. The fourth-order valence-corrected chi connectivity index (χ4v) is 3.59. The molecule has 1 amide bonds. The molecule has 0 fully saturated rings. The average molecular weight is 391 g/mol. The Labute approximate surface area is 167 Å². The summed E-state index contributed by atoms with van der Waals surface area (Å²) in [5, 5.41) is 0. The molecule has 1 aliphatic rings. The third kappa shape index (κ3) is 3.10. The first-order valence-corrected chi connectivity index (χ1v) is 9.07. The van der Waals surface area contributed by atoms with Crippen LogP contribution in [0.2, 0.25) is 0 Å². The summed E-state index contributed by atoms with van der Waals surface area (Å²) in [7, 11) is 1.62. The van der Waals surface area contributed by atoms with E-state index < -0.39 is 0 Å². The number of fused-ring (bicyclic) bond motifs is 1. The largest absolute Gasteiger partial charge is 0.496 e. The van der Waals surface area contributed by atoms with Crippen LogP contribution in [0.5, 0.6) is 5.75 Å². The lowest BCUT2D eigenvalue weighted by atomic mass is 10.1. The molecule has 4 heterocycles. The normalized spacial score (nSPS) is 14.6. The molecule has 0 bridgehead atoms. The highest BCUT2D eigenvalue weighted by Crippen LogP contribution is 2.39. The molecule has 1 aliphatic heterocycles. The van der Waals surface area contributed by atoms with Crippen molar-refractivity contribution in [3.63, 3.8) is 0 Å². The first-order valence-electron chi connectivity index (χ1n) is 9.07. The van der Waals surface area contributed by atoms with E-state index >= 15 is 0 Å². The maximum atomic E-state index is 13.3. The number of carbonyl (C=O) groups excluding carboxylic acids is 1. The molecular formula is C20H21N7O2. The van der Waals surface area contributed by atoms with Crippen molar-refractivity contribution in [2.45, 2.75) is 27.3 Å². The number of aryl methyl sites for hydroxylation is 2. The fraction of sp³-hybridized carbons (Fsp3) is 0.250. The molecule has 9 nitrogen and oxygen atoms in total. The number of aromatic amines is 1. The molecule has 148 valence electrons. The predicted octanol–water partition coefficient (Wildman–Crippen LogP) is 2.20. The topological polar surface area (TPSA) is 123 Å². The summed E-state index contributed by atoms with van der Waals surface area (Å²) >= 11 is 0. The van der Waals surface area contributed by atoms with Crippen LogP contribution in [-0.4, -0.2) is 37.9 Å². The van der Waals surface area contributed by atoms with Gasteiger partial charge in [0, 0.05) is 29.7 Å². The first kappa shape index (κ1) is 18.6. The van der Waals surface area contributed by atoms with E-state index in [1.807, 2.05) is 20.8 Å². The number of nitrogens with zero attached hydrogens (tertiary/aromatic N) is 5. The molecule has 0 atom stereocenters. The summed E-state index contributed by atoms with van der Waals surface area (Å²) < 4.78 is 5.49. The van der Waals surface area contributed by atoms with Gasteiger partial charge in [-0.15, -0.1) is 0 Å². The van der Waals surface area contributed by atoms with Crippen molar-refractivity contribution in [2.75, 3.05) is 17.7 Å². The first-order chi connectivity index (χ1) is 13.9. The van der Waals surface area contributed by atoms with Crippen molar-refractivity contribution >= 4 is 29.3 Å². The van der Waals surface area contributed by atoms with Crippen LogP contribution in [0.15, 0.2) is 18.6 Å². The van der Waals surface area contributed by atoms with Crippen molar-refractivity contribution in [3.05, 3.63) is 52.5 Å². The lowest BCUT2D eigenvalue weighted by molar-refractivity contribution is -0.113. The molecule has 0 aromatic carbocycles. The van der Waals surface area contributed by atoms with Gasteiger partial charge < -0.3 is 15.5 Å². The standard InChI is InChI=1S/C20H21N7O2/c1-10-8-24-14(11(2)17(10)29-4)9-27-18-16(12(3)25-20(21)26-18)13(19(27)28)7-15-22-5-6-23-15/h5-8H,9H2,1-4H3,(H,22,23)(H2,21,25,26)/b13-7-. The predicted molar refractivity (Wildman–Crippen MR) is 109 cm³/mol. The Morgan fingerprint density at radius 3 is 2.72 bits per heavy atom. The van der Waals surface area contributed by atoms with Crippen LogP contribution < -0.4 is 15.4 Å². The second kappa shape index (κ2) is 7.01. The van der Waals surface area contributed by atoms with Gasteiger partial charge in [-0.1, -0.05) is 0 Å². The van der Waals surface area contributed by atoms with Crippen molar-refractivity contribution < 1.29 is 9.53 Å². The van der Waals surface area contributed by atoms with Crippen LogP contribution in [0.25, 0.3) is 11.6 Å². The molecule has 3 aromatic rings. The maximum Gasteiger partial charge on any atom is 0.260 e. The Hall–Kier alpha value is -3.75. The molecule has 0 spiro atoms. The molecule has 4 rings (SSSR count). The smallest absolute Gasteiger partial charge is 0.260 e. The number of ether oxygens (including phenoxy) is 1. The van der Waals surface area contributed by atoms with Crippen LogP contribution in [0, 0.1) is 20.8 Å². The Kier molecular flexibility index (Phi) is 4.50. The van der Waals surface area contributed by atoms with Gasteiger partial charge in [0.25, 0.3) is 5.91 Å². The van der Waals surface area contributed by atoms with E-state index in [0.29, 0.717) is 28.5 Å². The molecule has 0 unspecified atom stereocenters. The van der Waals surface area contributed by atoms with Crippen molar-refractivity contribution in [1.29, 1.82) is 0 Å². The van der Waals surface area contributed by atoms with E-state index in [0.717, 1.165) is 22.6 Å². The minimum atomic E-state index is -0.208. The molecular weight excluding hydrogens is 370 g/mol. The van der Waals surface area contributed by atoms with Gasteiger partial charge in [0.2, 0.25) is 5.95 Å². The zero-order valence-corrected chi connectivity index (χ0v) is 16.6. The molecule has 29 heavy (non-hydrogen) atoms. The number of rotatable bonds is 4. The van der Waals surface area contributed by atoms with Gasteiger partial charge in [0.15, 0.2) is 0 Å². The SMILES string of the molecule is COc1c(C)cnc(CN2C(=O)/C(=C\c3ncc[nH]3)c3c(C)nc(N)nc32)c1C. The second-order valence-corrected chi connectivity index (χ2v) is 6.84. The van der Waals surface area contributed by atoms with E-state index in [1.54, 1.807) is 36.7 Å². The summed E-state index contributed by atoms with van der Waals surface area (Å²) in [6.07, 6.45) is 6.76. The Bertz CT molecular complexity index is 1140. The maximum absolute atomic E-state index is 13.3. The van der Waals surface area contributed by atoms with E-state index in [-0.39, 0.29) is 18.4 Å². The van der Waals surface area contributed by atoms with Gasteiger partial charge in [0.05, 0.1) is 36.2 Å². The number of imidazole rings is 1. The summed E-state index contributed by atoms with van der Waals surface area (Å²) in [5.41, 5.74) is 10.2. The van der Waals surface area contributed by atoms with E-state index in [9.17, 15) is 4.79 Å². The number of hydrogen-bond donors (Lipinski definition) is 2. The van der Waals surface area contributed by atoms with Crippen LogP contribution in [-0.2, 0) is 11.3 Å². The quantitative estimate of drug-likeness (QED) is 0.654. The number of pyridine rings is 1.